The van der Waals surface area contributed by atoms with Gasteiger partial charge in [-0.25, -0.2) is 9.97 Å². The minimum Gasteiger partial charge on any atom is -0.401 e. The van der Waals surface area contributed by atoms with Crippen molar-refractivity contribution in [3.05, 3.63) is 68.4 Å². The highest BCUT2D eigenvalue weighted by Gasteiger charge is 2.26. The average molecular weight is 427 g/mol. The van der Waals surface area contributed by atoms with E-state index in [2.05, 4.69) is 19.9 Å². The first kappa shape index (κ1) is 20.0. The molecule has 4 rings (SSSR count). The SMILES string of the molecule is Cc1nc(Cn2ccnc2C2CCN(C(=O)C=Cc3ccc([N+](=O)[O-])o3)CC2)cs1. The number of aromatic nitrogens is 3. The highest BCUT2D eigenvalue weighted by molar-refractivity contribution is 7.09. The molecule has 4 heterocycles. The fourth-order valence-electron chi connectivity index (χ4n) is 3.62. The van der Waals surface area contributed by atoms with E-state index in [0.717, 1.165) is 29.4 Å². The van der Waals surface area contributed by atoms with Gasteiger partial charge in [0.2, 0.25) is 5.91 Å². The Morgan fingerprint density at radius 3 is 2.87 bits per heavy atom. The lowest BCUT2D eigenvalue weighted by Crippen LogP contribution is -2.37. The van der Waals surface area contributed by atoms with Crippen molar-refractivity contribution in [3.63, 3.8) is 0 Å². The largest absolute Gasteiger partial charge is 0.433 e. The van der Waals surface area contributed by atoms with Crippen LogP contribution in [0.25, 0.3) is 6.08 Å². The third-order valence-corrected chi connectivity index (χ3v) is 5.92. The Hall–Kier alpha value is -3.27. The van der Waals surface area contributed by atoms with Crippen LogP contribution >= 0.6 is 11.3 Å². The minimum absolute atomic E-state index is 0.131. The number of likely N-dealkylation sites (tertiary alicyclic amines) is 1. The van der Waals surface area contributed by atoms with E-state index in [1.165, 1.54) is 24.3 Å². The normalized spacial score (nSPS) is 15.2. The fraction of sp³-hybridized carbons (Fsp3) is 0.350. The van der Waals surface area contributed by atoms with Gasteiger partial charge in [-0.2, -0.15) is 0 Å². The third-order valence-electron chi connectivity index (χ3n) is 5.10. The Bertz CT molecular complexity index is 1070. The fourth-order valence-corrected chi connectivity index (χ4v) is 4.22. The van der Waals surface area contributed by atoms with E-state index < -0.39 is 4.92 Å². The Morgan fingerprint density at radius 2 is 2.20 bits per heavy atom. The molecular formula is C20H21N5O4S. The molecule has 156 valence electrons. The Kier molecular flexibility index (Phi) is 5.75. The van der Waals surface area contributed by atoms with E-state index >= 15 is 0 Å². The van der Waals surface area contributed by atoms with Crippen LogP contribution in [0.1, 0.15) is 41.0 Å². The van der Waals surface area contributed by atoms with E-state index in [1.807, 2.05) is 19.3 Å². The number of hydrogen-bond donors (Lipinski definition) is 0. The van der Waals surface area contributed by atoms with Gasteiger partial charge in [0.15, 0.2) is 0 Å². The Morgan fingerprint density at radius 1 is 1.40 bits per heavy atom. The molecule has 0 unspecified atom stereocenters. The second-order valence-electron chi connectivity index (χ2n) is 7.14. The summed E-state index contributed by atoms with van der Waals surface area (Å²) in [6.07, 6.45) is 8.32. The molecule has 0 saturated carbocycles. The quantitative estimate of drug-likeness (QED) is 0.338. The standard InChI is InChI=1S/C20H21N5O4S/c1-14-22-16(13-30-14)12-24-11-8-21-20(24)15-6-9-23(10-7-15)18(26)4-2-17-3-5-19(29-17)25(27)28/h2-5,8,11,13,15H,6-7,9-10,12H2,1H3. The van der Waals surface area contributed by atoms with Crippen LogP contribution in [0.15, 0.2) is 40.4 Å². The van der Waals surface area contributed by atoms with Crippen LogP contribution in [-0.4, -0.2) is 43.4 Å². The minimum atomic E-state index is -0.608. The number of aryl methyl sites for hydroxylation is 1. The Labute approximate surface area is 176 Å². The lowest BCUT2D eigenvalue weighted by molar-refractivity contribution is -0.402. The summed E-state index contributed by atoms with van der Waals surface area (Å²) in [6.45, 7) is 3.97. The highest BCUT2D eigenvalue weighted by Crippen LogP contribution is 2.28. The smallest absolute Gasteiger partial charge is 0.401 e. The molecule has 0 radical (unpaired) electrons. The molecule has 1 aliphatic heterocycles. The van der Waals surface area contributed by atoms with Gasteiger partial charge in [-0.3, -0.25) is 14.9 Å². The number of piperidine rings is 1. The number of nitro groups is 1. The number of hydrogen-bond acceptors (Lipinski definition) is 7. The summed E-state index contributed by atoms with van der Waals surface area (Å²) in [5, 5.41) is 13.8. The van der Waals surface area contributed by atoms with Gasteiger partial charge in [-0.15, -0.1) is 11.3 Å². The monoisotopic (exact) mass is 427 g/mol. The lowest BCUT2D eigenvalue weighted by Gasteiger charge is -2.31. The van der Waals surface area contributed by atoms with Gasteiger partial charge in [0.05, 0.1) is 23.3 Å². The molecule has 3 aromatic heterocycles. The molecule has 0 bridgehead atoms. The van der Waals surface area contributed by atoms with Crippen molar-refractivity contribution in [2.75, 3.05) is 13.1 Å². The van der Waals surface area contributed by atoms with Gasteiger partial charge in [0.1, 0.15) is 16.5 Å². The zero-order chi connectivity index (χ0) is 21.1. The number of imidazole rings is 1. The van der Waals surface area contributed by atoms with Crippen molar-refractivity contribution in [1.29, 1.82) is 0 Å². The van der Waals surface area contributed by atoms with Crippen LogP contribution in [0.4, 0.5) is 5.88 Å². The summed E-state index contributed by atoms with van der Waals surface area (Å²) < 4.78 is 7.18. The van der Waals surface area contributed by atoms with Gasteiger partial charge >= 0.3 is 5.88 Å². The molecule has 9 nitrogen and oxygen atoms in total. The van der Waals surface area contributed by atoms with Crippen molar-refractivity contribution in [2.45, 2.75) is 32.2 Å². The molecule has 1 amide bonds. The van der Waals surface area contributed by atoms with Crippen LogP contribution in [0, 0.1) is 17.0 Å². The van der Waals surface area contributed by atoms with E-state index in [0.29, 0.717) is 25.6 Å². The number of nitrogens with zero attached hydrogens (tertiary/aromatic N) is 5. The number of carbonyl (C=O) groups is 1. The molecule has 0 spiro atoms. The molecule has 1 fully saturated rings. The summed E-state index contributed by atoms with van der Waals surface area (Å²) in [6, 6.07) is 2.74. The van der Waals surface area contributed by atoms with Gasteiger partial charge in [-0.1, -0.05) is 0 Å². The summed E-state index contributed by atoms with van der Waals surface area (Å²) in [5.41, 5.74) is 1.03. The third kappa shape index (κ3) is 4.48. The van der Waals surface area contributed by atoms with Crippen LogP contribution in [0.2, 0.25) is 0 Å². The van der Waals surface area contributed by atoms with E-state index in [9.17, 15) is 14.9 Å². The van der Waals surface area contributed by atoms with Crippen LogP contribution in [0.5, 0.6) is 0 Å². The summed E-state index contributed by atoms with van der Waals surface area (Å²) in [5.74, 6) is 1.14. The summed E-state index contributed by atoms with van der Waals surface area (Å²) in [7, 11) is 0. The molecule has 10 heteroatoms. The zero-order valence-corrected chi connectivity index (χ0v) is 17.2. The topological polar surface area (TPSA) is 107 Å². The molecule has 1 aliphatic rings. The van der Waals surface area contributed by atoms with E-state index in [1.54, 1.807) is 16.2 Å². The molecule has 30 heavy (non-hydrogen) atoms. The maximum absolute atomic E-state index is 12.5. The van der Waals surface area contributed by atoms with Gasteiger partial charge in [0, 0.05) is 42.9 Å². The lowest BCUT2D eigenvalue weighted by atomic mass is 9.95. The van der Waals surface area contributed by atoms with E-state index in [-0.39, 0.29) is 17.6 Å². The number of thiazole rings is 1. The van der Waals surface area contributed by atoms with Crippen molar-refractivity contribution >= 4 is 29.2 Å². The number of furan rings is 1. The van der Waals surface area contributed by atoms with Gasteiger partial charge in [0.25, 0.3) is 0 Å². The summed E-state index contributed by atoms with van der Waals surface area (Å²) in [4.78, 5) is 33.4. The van der Waals surface area contributed by atoms with Crippen LogP contribution in [-0.2, 0) is 11.3 Å². The first-order chi connectivity index (χ1) is 14.5. The zero-order valence-electron chi connectivity index (χ0n) is 16.4. The second-order valence-corrected chi connectivity index (χ2v) is 8.20. The average Bonchev–Trinajstić information content (AvgIpc) is 3.48. The van der Waals surface area contributed by atoms with Crippen molar-refractivity contribution < 1.29 is 14.1 Å². The molecule has 0 atom stereocenters. The highest BCUT2D eigenvalue weighted by atomic mass is 32.1. The molecule has 1 saturated heterocycles. The maximum atomic E-state index is 12.5. The molecular weight excluding hydrogens is 406 g/mol. The molecule has 0 aromatic carbocycles. The van der Waals surface area contributed by atoms with Crippen LogP contribution in [0.3, 0.4) is 0 Å². The number of rotatable bonds is 6. The number of amides is 1. The predicted molar refractivity (Wildman–Crippen MR) is 111 cm³/mol. The maximum Gasteiger partial charge on any atom is 0.433 e. The first-order valence-electron chi connectivity index (χ1n) is 9.63. The van der Waals surface area contributed by atoms with Crippen molar-refractivity contribution in [1.82, 2.24) is 19.4 Å². The second kappa shape index (κ2) is 8.62. The first-order valence-corrected chi connectivity index (χ1v) is 10.5. The molecule has 0 aliphatic carbocycles. The van der Waals surface area contributed by atoms with Crippen molar-refractivity contribution in [3.8, 4) is 0 Å². The van der Waals surface area contributed by atoms with Gasteiger partial charge in [-0.05, 0) is 31.9 Å². The predicted octanol–water partition coefficient (Wildman–Crippen LogP) is 3.62. The van der Waals surface area contributed by atoms with E-state index in [4.69, 9.17) is 4.42 Å². The van der Waals surface area contributed by atoms with Crippen molar-refractivity contribution in [2.24, 2.45) is 0 Å². The molecule has 0 N–H and O–H groups in total. The number of carbonyl (C=O) groups excluding carboxylic acids is 1. The summed E-state index contributed by atoms with van der Waals surface area (Å²) >= 11 is 1.64. The Balaban J connectivity index is 1.33. The van der Waals surface area contributed by atoms with Crippen LogP contribution < -0.4 is 0 Å². The molecule has 3 aromatic rings. The van der Waals surface area contributed by atoms with Gasteiger partial charge < -0.3 is 13.9 Å².